The predicted octanol–water partition coefficient (Wildman–Crippen LogP) is 9.45. The minimum Gasteiger partial charge on any atom is -0.481 e. The number of rotatable bonds is 8. The molecule has 0 radical (unpaired) electrons. The number of aryl methyl sites for hydroxylation is 1. The van der Waals surface area contributed by atoms with Gasteiger partial charge in [-0.3, -0.25) is 4.90 Å². The van der Waals surface area contributed by atoms with Gasteiger partial charge in [0, 0.05) is 23.9 Å². The molecule has 2 atom stereocenters. The fourth-order valence-electron chi connectivity index (χ4n) is 6.77. The third-order valence-corrected chi connectivity index (χ3v) is 9.26. The first-order valence-electron chi connectivity index (χ1n) is 15.8. The molecule has 7 nitrogen and oxygen atoms in total. The summed E-state index contributed by atoms with van der Waals surface area (Å²) in [6.45, 7) is 14.0. The molecule has 1 fully saturated rings. The summed E-state index contributed by atoms with van der Waals surface area (Å²) in [5, 5.41) is 0. The van der Waals surface area contributed by atoms with Gasteiger partial charge in [0.15, 0.2) is 0 Å². The third-order valence-electron chi connectivity index (χ3n) is 9.26. The number of nitrogens with zero attached hydrogens (tertiary/aromatic N) is 2. The number of ether oxygens (including phenoxy) is 3. The summed E-state index contributed by atoms with van der Waals surface area (Å²) in [6, 6.07) is 10.6. The quantitative estimate of drug-likeness (QED) is 0.224. The Morgan fingerprint density at radius 1 is 1.12 bits per heavy atom. The van der Waals surface area contributed by atoms with Crippen molar-refractivity contribution >= 4 is 23.2 Å². The minimum atomic E-state index is -4.52. The average Bonchev–Trinajstić information content (AvgIpc) is 3.31. The van der Waals surface area contributed by atoms with Crippen molar-refractivity contribution in [3.05, 3.63) is 94.2 Å². The number of carbonyl (C=O) groups is 2. The molecule has 0 bridgehead atoms. The lowest BCUT2D eigenvalue weighted by molar-refractivity contribution is -0.137. The van der Waals surface area contributed by atoms with Gasteiger partial charge in [-0.25, -0.2) is 14.6 Å². The van der Waals surface area contributed by atoms with Crippen LogP contribution in [0.15, 0.2) is 60.8 Å². The van der Waals surface area contributed by atoms with E-state index < -0.39 is 35.9 Å². The highest BCUT2D eigenvalue weighted by atomic mass is 19.4. The molecule has 2 aliphatic rings. The second-order valence-corrected chi connectivity index (χ2v) is 13.5. The molecule has 1 amide bonds. The molecule has 0 N–H and O–H groups in total. The van der Waals surface area contributed by atoms with E-state index in [4.69, 9.17) is 14.2 Å². The van der Waals surface area contributed by atoms with Crippen molar-refractivity contribution in [3.63, 3.8) is 0 Å². The maximum absolute atomic E-state index is 13.6. The van der Waals surface area contributed by atoms with Crippen LogP contribution in [0.25, 0.3) is 22.3 Å². The molecular weight excluding hydrogens is 621 g/mol. The summed E-state index contributed by atoms with van der Waals surface area (Å²) < 4.78 is 57.3. The van der Waals surface area contributed by atoms with Crippen LogP contribution in [0, 0.1) is 12.3 Å². The number of amides is 1. The summed E-state index contributed by atoms with van der Waals surface area (Å²) in [7, 11) is 2.90. The fraction of sp³-hybridized carbons (Fsp3) is 0.395. The first-order valence-corrected chi connectivity index (χ1v) is 15.8. The molecule has 1 aliphatic heterocycles. The van der Waals surface area contributed by atoms with Crippen molar-refractivity contribution in [1.82, 2.24) is 9.88 Å². The maximum atomic E-state index is 13.6. The normalized spacial score (nSPS) is 19.3. The molecule has 1 aliphatic carbocycles. The number of aromatic nitrogens is 1. The van der Waals surface area contributed by atoms with Gasteiger partial charge in [-0.05, 0) is 104 Å². The second kappa shape index (κ2) is 13.1. The lowest BCUT2D eigenvalue weighted by Crippen LogP contribution is -2.35. The second-order valence-electron chi connectivity index (χ2n) is 13.5. The molecule has 3 aromatic rings. The molecule has 254 valence electrons. The Kier molecular flexibility index (Phi) is 9.50. The number of hydrogen-bond acceptors (Lipinski definition) is 6. The van der Waals surface area contributed by atoms with Gasteiger partial charge in [-0.15, -0.1) is 0 Å². The van der Waals surface area contributed by atoms with Gasteiger partial charge in [0.25, 0.3) is 0 Å². The van der Waals surface area contributed by atoms with Crippen LogP contribution in [0.2, 0.25) is 0 Å². The number of carbonyl (C=O) groups excluding carboxylic acids is 2. The molecule has 0 unspecified atom stereocenters. The zero-order valence-electron chi connectivity index (χ0n) is 28.4. The van der Waals surface area contributed by atoms with E-state index in [9.17, 15) is 22.8 Å². The van der Waals surface area contributed by atoms with Crippen molar-refractivity contribution in [2.45, 2.75) is 72.2 Å². The largest absolute Gasteiger partial charge is 0.481 e. The van der Waals surface area contributed by atoms with E-state index in [1.807, 2.05) is 19.1 Å². The Morgan fingerprint density at radius 3 is 2.50 bits per heavy atom. The van der Waals surface area contributed by atoms with Crippen LogP contribution in [0.5, 0.6) is 5.88 Å². The van der Waals surface area contributed by atoms with Crippen LogP contribution in [0.3, 0.4) is 0 Å². The Morgan fingerprint density at radius 2 is 1.85 bits per heavy atom. The molecule has 2 aromatic carbocycles. The highest BCUT2D eigenvalue weighted by molar-refractivity contribution is 5.93. The van der Waals surface area contributed by atoms with Crippen LogP contribution < -0.4 is 4.74 Å². The SMILES string of the molecule is C=C(C)c1cc(C(=O)OC)ccc1-c1cnc(OC)c(C2=C(CN3C(=O)O[C@H](c4cc(C)cc(C(F)(F)F)c4)[C@@H]3C)CC(C)(C)CC2)c1. The zero-order valence-corrected chi connectivity index (χ0v) is 28.4. The Hall–Kier alpha value is -4.60. The van der Waals surface area contributed by atoms with E-state index in [1.165, 1.54) is 7.11 Å². The first kappa shape index (κ1) is 34.7. The van der Waals surface area contributed by atoms with Gasteiger partial charge in [-0.1, -0.05) is 43.7 Å². The number of methoxy groups -OCH3 is 2. The van der Waals surface area contributed by atoms with Gasteiger partial charge in [0.1, 0.15) is 6.10 Å². The van der Waals surface area contributed by atoms with Crippen molar-refractivity contribution in [2.24, 2.45) is 5.41 Å². The topological polar surface area (TPSA) is 78.0 Å². The van der Waals surface area contributed by atoms with Crippen LogP contribution in [-0.4, -0.2) is 48.8 Å². The molecule has 2 heterocycles. The van der Waals surface area contributed by atoms with Crippen LogP contribution in [-0.2, 0) is 15.7 Å². The summed E-state index contributed by atoms with van der Waals surface area (Å²) in [5.74, 6) is -0.0133. The van der Waals surface area contributed by atoms with Crippen LogP contribution in [0.4, 0.5) is 18.0 Å². The maximum Gasteiger partial charge on any atom is 0.416 e. The van der Waals surface area contributed by atoms with E-state index in [-0.39, 0.29) is 12.0 Å². The zero-order chi connectivity index (χ0) is 35.1. The summed E-state index contributed by atoms with van der Waals surface area (Å²) in [4.78, 5) is 31.9. The lowest BCUT2D eigenvalue weighted by Gasteiger charge is -2.35. The van der Waals surface area contributed by atoms with Crippen LogP contribution >= 0.6 is 0 Å². The number of hydrogen-bond donors (Lipinski definition) is 0. The average molecular weight is 663 g/mol. The molecule has 5 rings (SSSR count). The standard InChI is InChI=1S/C38H41F3N2O5/c1-21(2)31-16-24(35(44)47-8)9-10-29(31)26-17-32(34(46-7)42-19-26)30-11-12-37(5,6)18-27(30)20-43-23(4)33(48-36(43)45)25-13-22(3)14-28(15-25)38(39,40)41/h9-10,13-17,19,23,33H,1,11-12,18,20H2,2-8H3/t23-,33-/m0/s1. The number of halogens is 3. The van der Waals surface area contributed by atoms with E-state index in [2.05, 4.69) is 25.4 Å². The van der Waals surface area contributed by atoms with Crippen molar-refractivity contribution in [2.75, 3.05) is 20.8 Å². The van der Waals surface area contributed by atoms with Crippen molar-refractivity contribution < 1.29 is 37.0 Å². The fourth-order valence-corrected chi connectivity index (χ4v) is 6.77. The molecule has 0 spiro atoms. The number of esters is 1. The summed E-state index contributed by atoms with van der Waals surface area (Å²) in [5.41, 5.74) is 6.30. The number of allylic oxidation sites excluding steroid dienone is 2. The Bertz CT molecular complexity index is 1810. The Balaban J connectivity index is 1.56. The minimum absolute atomic E-state index is 0.0572. The third kappa shape index (κ3) is 6.98. The number of pyridine rings is 1. The molecular formula is C38H41F3N2O5. The lowest BCUT2D eigenvalue weighted by atomic mass is 9.72. The number of benzene rings is 2. The summed E-state index contributed by atoms with van der Waals surface area (Å²) in [6.07, 6.45) is -1.96. The van der Waals surface area contributed by atoms with Gasteiger partial charge >= 0.3 is 18.2 Å². The van der Waals surface area contributed by atoms with E-state index in [0.717, 1.165) is 57.5 Å². The predicted molar refractivity (Wildman–Crippen MR) is 178 cm³/mol. The van der Waals surface area contributed by atoms with Crippen molar-refractivity contribution in [1.29, 1.82) is 0 Å². The Labute approximate surface area is 279 Å². The van der Waals surface area contributed by atoms with Crippen LogP contribution in [0.1, 0.15) is 91.2 Å². The van der Waals surface area contributed by atoms with Crippen molar-refractivity contribution in [3.8, 4) is 17.0 Å². The number of alkyl halides is 3. The van der Waals surface area contributed by atoms with Gasteiger partial charge < -0.3 is 14.2 Å². The molecule has 1 aromatic heterocycles. The smallest absolute Gasteiger partial charge is 0.416 e. The van der Waals surface area contributed by atoms with E-state index >= 15 is 0 Å². The van der Waals surface area contributed by atoms with Gasteiger partial charge in [0.2, 0.25) is 5.88 Å². The molecule has 0 saturated carbocycles. The molecule has 1 saturated heterocycles. The first-order chi connectivity index (χ1) is 22.5. The number of cyclic esters (lactones) is 1. The van der Waals surface area contributed by atoms with Gasteiger partial charge in [-0.2, -0.15) is 13.2 Å². The van der Waals surface area contributed by atoms with E-state index in [0.29, 0.717) is 35.4 Å². The summed E-state index contributed by atoms with van der Waals surface area (Å²) >= 11 is 0. The highest BCUT2D eigenvalue weighted by Gasteiger charge is 2.42. The van der Waals surface area contributed by atoms with E-state index in [1.54, 1.807) is 50.3 Å². The molecule has 10 heteroatoms. The highest BCUT2D eigenvalue weighted by Crippen LogP contribution is 2.46. The van der Waals surface area contributed by atoms with Gasteiger partial charge in [0.05, 0.1) is 31.4 Å². The monoisotopic (exact) mass is 662 g/mol. The molecule has 48 heavy (non-hydrogen) atoms.